The molecule has 1 atom stereocenters. The Labute approximate surface area is 190 Å². The largest absolute Gasteiger partial charge is 0.493 e. The number of nitrogens with zero attached hydrogens (tertiary/aromatic N) is 3. The number of hydrogen-bond acceptors (Lipinski definition) is 7. The second-order valence-electron chi connectivity index (χ2n) is 7.81. The van der Waals surface area contributed by atoms with Crippen molar-refractivity contribution >= 4 is 5.69 Å². The van der Waals surface area contributed by atoms with Crippen molar-refractivity contribution in [2.24, 2.45) is 5.92 Å². The number of aromatic nitrogens is 1. The van der Waals surface area contributed by atoms with Crippen molar-refractivity contribution in [1.29, 1.82) is 0 Å². The Morgan fingerprint density at radius 3 is 2.81 bits per heavy atom. The lowest BCUT2D eigenvalue weighted by Gasteiger charge is -2.22. The van der Waals surface area contributed by atoms with Crippen molar-refractivity contribution in [3.8, 4) is 29.3 Å². The summed E-state index contributed by atoms with van der Waals surface area (Å²) in [7, 11) is 3.22. The Hall–Kier alpha value is -3.37. The van der Waals surface area contributed by atoms with Crippen LogP contribution in [-0.4, -0.2) is 43.9 Å². The highest BCUT2D eigenvalue weighted by Gasteiger charge is 2.18. The van der Waals surface area contributed by atoms with Gasteiger partial charge in [-0.05, 0) is 44.0 Å². The second kappa shape index (κ2) is 10.3. The summed E-state index contributed by atoms with van der Waals surface area (Å²) >= 11 is 0. The maximum atomic E-state index is 6.06. The molecule has 1 fully saturated rings. The fourth-order valence-electron chi connectivity index (χ4n) is 3.71. The summed E-state index contributed by atoms with van der Waals surface area (Å²) in [5.74, 6) is 5.67. The van der Waals surface area contributed by atoms with Gasteiger partial charge >= 0.3 is 0 Å². The fraction of sp³-hybridized carbons (Fsp3) is 0.360. The second-order valence-corrected chi connectivity index (χ2v) is 7.81. The maximum Gasteiger partial charge on any atom is 0.212 e. The van der Waals surface area contributed by atoms with Crippen LogP contribution in [0.1, 0.15) is 24.0 Å². The van der Waals surface area contributed by atoms with Crippen LogP contribution >= 0.6 is 0 Å². The Morgan fingerprint density at radius 1 is 1.19 bits per heavy atom. The topological polar surface area (TPSA) is 59.1 Å². The number of benzene rings is 1. The van der Waals surface area contributed by atoms with Gasteiger partial charge in [0, 0.05) is 60.5 Å². The van der Waals surface area contributed by atoms with E-state index < -0.39 is 0 Å². The predicted molar refractivity (Wildman–Crippen MR) is 124 cm³/mol. The van der Waals surface area contributed by atoms with E-state index in [-0.39, 0.29) is 0 Å². The standard InChI is InChI=1S/C25H29N4O3/c1-19-13-23(30-2)24(32-17-21-6-7-25(31-3)27-16-21)14-22(19)29-12-11-28(18-29)10-8-20-5-4-9-26-15-20/h6-7,11-14,16,20,26H,1,4-5,9,15,17-18H2,2-3H3. The van der Waals surface area contributed by atoms with Gasteiger partial charge in [0.2, 0.25) is 5.88 Å². The molecule has 2 aromatic rings. The van der Waals surface area contributed by atoms with Crippen molar-refractivity contribution in [1.82, 2.24) is 15.2 Å². The van der Waals surface area contributed by atoms with Crippen LogP contribution in [0.2, 0.25) is 0 Å². The Kier molecular flexibility index (Phi) is 7.03. The average Bonchev–Trinajstić information content (AvgIpc) is 3.31. The Bertz CT molecular complexity index is 1000. The van der Waals surface area contributed by atoms with Crippen molar-refractivity contribution in [2.45, 2.75) is 19.4 Å². The predicted octanol–water partition coefficient (Wildman–Crippen LogP) is 3.37. The summed E-state index contributed by atoms with van der Waals surface area (Å²) in [6.07, 6.45) is 8.10. The minimum atomic E-state index is 0.367. The molecule has 0 amide bonds. The van der Waals surface area contributed by atoms with E-state index >= 15 is 0 Å². The van der Waals surface area contributed by atoms with Crippen LogP contribution in [0.15, 0.2) is 42.9 Å². The number of piperidine rings is 1. The van der Waals surface area contributed by atoms with Crippen LogP contribution in [0.5, 0.6) is 17.4 Å². The summed E-state index contributed by atoms with van der Waals surface area (Å²) < 4.78 is 16.7. The SMILES string of the molecule is [CH2]c1cc(OC)c(OCc2ccc(OC)nc2)cc1N1C=CN(C#CC2CCCNC2)C1. The summed E-state index contributed by atoms with van der Waals surface area (Å²) in [4.78, 5) is 8.33. The lowest BCUT2D eigenvalue weighted by atomic mass is 10.0. The first-order chi connectivity index (χ1) is 15.7. The van der Waals surface area contributed by atoms with Crippen LogP contribution in [-0.2, 0) is 6.61 Å². The number of pyridine rings is 1. The van der Waals surface area contributed by atoms with E-state index in [1.54, 1.807) is 20.4 Å². The third kappa shape index (κ3) is 5.27. The molecule has 2 aliphatic rings. The van der Waals surface area contributed by atoms with Crippen LogP contribution in [0, 0.1) is 24.8 Å². The molecule has 0 aliphatic carbocycles. The number of ether oxygens (including phenoxy) is 3. The van der Waals surface area contributed by atoms with E-state index in [4.69, 9.17) is 14.2 Å². The molecule has 1 aromatic heterocycles. The molecule has 1 radical (unpaired) electrons. The van der Waals surface area contributed by atoms with Gasteiger partial charge in [-0.2, -0.15) is 0 Å². The molecule has 7 nitrogen and oxygen atoms in total. The summed E-state index contributed by atoms with van der Waals surface area (Å²) in [5.41, 5.74) is 2.75. The third-order valence-corrected chi connectivity index (χ3v) is 5.52. The molecule has 1 unspecified atom stereocenters. The third-order valence-electron chi connectivity index (χ3n) is 5.52. The van der Waals surface area contributed by atoms with E-state index in [0.29, 0.717) is 36.6 Å². The van der Waals surface area contributed by atoms with E-state index in [9.17, 15) is 0 Å². The van der Waals surface area contributed by atoms with Crippen LogP contribution in [0.3, 0.4) is 0 Å². The molecule has 3 heterocycles. The molecular formula is C25H29N4O3. The molecule has 7 heteroatoms. The van der Waals surface area contributed by atoms with Gasteiger partial charge < -0.3 is 24.4 Å². The first kappa shape index (κ1) is 21.8. The minimum absolute atomic E-state index is 0.367. The van der Waals surface area contributed by atoms with Gasteiger partial charge in [0.1, 0.15) is 13.3 Å². The molecule has 32 heavy (non-hydrogen) atoms. The number of hydrogen-bond donors (Lipinski definition) is 1. The Morgan fingerprint density at radius 2 is 2.09 bits per heavy atom. The summed E-state index contributed by atoms with van der Waals surface area (Å²) in [6.45, 7) is 7.28. The van der Waals surface area contributed by atoms with Crippen LogP contribution in [0.4, 0.5) is 5.69 Å². The smallest absolute Gasteiger partial charge is 0.212 e. The number of rotatable bonds is 6. The first-order valence-corrected chi connectivity index (χ1v) is 10.8. The summed E-state index contributed by atoms with van der Waals surface area (Å²) in [6, 6.07) is 10.9. The molecule has 0 spiro atoms. The number of methoxy groups -OCH3 is 2. The number of anilines is 1. The van der Waals surface area contributed by atoms with Gasteiger partial charge in [-0.15, -0.1) is 0 Å². The van der Waals surface area contributed by atoms with Crippen molar-refractivity contribution in [2.75, 3.05) is 38.9 Å². The normalized spacial score (nSPS) is 17.7. The fourth-order valence-corrected chi connectivity index (χ4v) is 3.71. The molecule has 4 rings (SSSR count). The van der Waals surface area contributed by atoms with Gasteiger partial charge in [0.15, 0.2) is 11.5 Å². The molecule has 0 bridgehead atoms. The minimum Gasteiger partial charge on any atom is -0.493 e. The molecule has 2 aliphatic heterocycles. The van der Waals surface area contributed by atoms with Crippen LogP contribution in [0.25, 0.3) is 0 Å². The highest BCUT2D eigenvalue weighted by Crippen LogP contribution is 2.36. The molecule has 167 valence electrons. The van der Waals surface area contributed by atoms with Gasteiger partial charge in [-0.1, -0.05) is 5.92 Å². The van der Waals surface area contributed by atoms with Crippen LogP contribution < -0.4 is 24.4 Å². The lowest BCUT2D eigenvalue weighted by Crippen LogP contribution is -2.29. The van der Waals surface area contributed by atoms with Crippen molar-refractivity contribution < 1.29 is 14.2 Å². The zero-order valence-corrected chi connectivity index (χ0v) is 18.6. The first-order valence-electron chi connectivity index (χ1n) is 10.8. The van der Waals surface area contributed by atoms with Gasteiger partial charge in [-0.25, -0.2) is 4.98 Å². The zero-order valence-electron chi connectivity index (χ0n) is 18.6. The van der Waals surface area contributed by atoms with E-state index in [2.05, 4.69) is 34.1 Å². The lowest BCUT2D eigenvalue weighted by molar-refractivity contribution is 0.284. The van der Waals surface area contributed by atoms with Gasteiger partial charge in [0.05, 0.1) is 14.2 Å². The monoisotopic (exact) mass is 433 g/mol. The highest BCUT2D eigenvalue weighted by atomic mass is 16.5. The molecule has 0 saturated carbocycles. The van der Waals surface area contributed by atoms with E-state index in [1.807, 2.05) is 41.6 Å². The number of nitrogens with one attached hydrogen (secondary N) is 1. The summed E-state index contributed by atoms with van der Waals surface area (Å²) in [5, 5.41) is 3.41. The molecule has 1 aromatic carbocycles. The van der Waals surface area contributed by atoms with E-state index in [1.165, 1.54) is 6.42 Å². The van der Waals surface area contributed by atoms with Gasteiger partial charge in [0.25, 0.3) is 0 Å². The highest BCUT2D eigenvalue weighted by molar-refractivity contribution is 5.65. The quantitative estimate of drug-likeness (QED) is 0.701. The van der Waals surface area contributed by atoms with E-state index in [0.717, 1.165) is 36.3 Å². The Balaban J connectivity index is 1.44. The molecule has 1 saturated heterocycles. The zero-order chi connectivity index (χ0) is 22.3. The average molecular weight is 434 g/mol. The molecular weight excluding hydrogens is 404 g/mol. The maximum absolute atomic E-state index is 6.06. The van der Waals surface area contributed by atoms with Crippen molar-refractivity contribution in [3.05, 3.63) is 60.9 Å². The van der Waals surface area contributed by atoms with Gasteiger partial charge in [-0.3, -0.25) is 4.90 Å². The van der Waals surface area contributed by atoms with Crippen molar-refractivity contribution in [3.63, 3.8) is 0 Å². The molecule has 1 N–H and O–H groups in total.